The minimum atomic E-state index is -0.460. The Morgan fingerprint density at radius 3 is 2.39 bits per heavy atom. The van der Waals surface area contributed by atoms with Gasteiger partial charge in [-0.1, -0.05) is 71.5 Å². The second-order valence-corrected chi connectivity index (χ2v) is 7.47. The third-order valence-corrected chi connectivity index (χ3v) is 5.36. The van der Waals surface area contributed by atoms with Gasteiger partial charge in [0.25, 0.3) is 5.91 Å². The molecule has 3 nitrogen and oxygen atoms in total. The van der Waals surface area contributed by atoms with Crippen molar-refractivity contribution in [2.75, 3.05) is 5.32 Å². The number of benzene rings is 3. The van der Waals surface area contributed by atoms with E-state index < -0.39 is 11.7 Å². The average Bonchev–Trinajstić information content (AvgIpc) is 3.13. The number of anilines is 1. The topological polar surface area (TPSA) is 42.0 Å². The van der Waals surface area contributed by atoms with Gasteiger partial charge >= 0.3 is 0 Å². The summed E-state index contributed by atoms with van der Waals surface area (Å²) in [6.45, 7) is 0. The molecule has 0 spiro atoms. The number of hydrogen-bond donors (Lipinski definition) is 1. The number of carbonyl (C=O) groups is 1. The summed E-state index contributed by atoms with van der Waals surface area (Å²) >= 11 is 7.37. The van der Waals surface area contributed by atoms with Gasteiger partial charge in [0.2, 0.25) is 0 Å². The van der Waals surface area contributed by atoms with Crippen molar-refractivity contribution in [3.8, 4) is 21.7 Å². The zero-order valence-electron chi connectivity index (χ0n) is 14.5. The molecule has 0 radical (unpaired) electrons. The number of thiazole rings is 1. The van der Waals surface area contributed by atoms with Gasteiger partial charge < -0.3 is 0 Å². The minimum absolute atomic E-state index is 0.240. The lowest BCUT2D eigenvalue weighted by atomic mass is 10.1. The molecule has 4 aromatic rings. The Labute approximate surface area is 170 Å². The van der Waals surface area contributed by atoms with Crippen molar-refractivity contribution in [1.29, 1.82) is 0 Å². The van der Waals surface area contributed by atoms with Crippen molar-refractivity contribution in [1.82, 2.24) is 4.98 Å². The van der Waals surface area contributed by atoms with E-state index in [1.54, 1.807) is 18.2 Å². The molecule has 0 saturated carbocycles. The number of hydrogen-bond acceptors (Lipinski definition) is 3. The van der Waals surface area contributed by atoms with Crippen molar-refractivity contribution < 1.29 is 9.18 Å². The van der Waals surface area contributed by atoms with E-state index in [1.807, 2.05) is 42.5 Å². The van der Waals surface area contributed by atoms with Crippen LogP contribution in [0.25, 0.3) is 21.7 Å². The zero-order chi connectivity index (χ0) is 19.5. The maximum absolute atomic E-state index is 13.4. The zero-order valence-corrected chi connectivity index (χ0v) is 16.1. The Balaban J connectivity index is 1.73. The molecule has 0 aliphatic carbocycles. The molecule has 1 aromatic heterocycles. The maximum atomic E-state index is 13.4. The third-order valence-electron chi connectivity index (χ3n) is 4.09. The summed E-state index contributed by atoms with van der Waals surface area (Å²) in [5, 5.41) is 3.85. The second kappa shape index (κ2) is 7.92. The van der Waals surface area contributed by atoms with E-state index in [-0.39, 0.29) is 5.56 Å². The molecule has 0 fully saturated rings. The van der Waals surface area contributed by atoms with Crippen molar-refractivity contribution in [2.24, 2.45) is 0 Å². The Morgan fingerprint density at radius 1 is 0.929 bits per heavy atom. The first-order valence-electron chi connectivity index (χ1n) is 8.49. The number of nitrogens with zero attached hydrogens (tertiary/aromatic N) is 1. The number of amides is 1. The molecule has 0 unspecified atom stereocenters. The Bertz CT molecular complexity index is 1130. The molecule has 1 amide bonds. The summed E-state index contributed by atoms with van der Waals surface area (Å²) in [5.41, 5.74) is 2.88. The number of aromatic nitrogens is 1. The number of nitrogens with one attached hydrogen (secondary N) is 1. The lowest BCUT2D eigenvalue weighted by Crippen LogP contribution is -2.11. The minimum Gasteiger partial charge on any atom is -0.298 e. The lowest BCUT2D eigenvalue weighted by Gasteiger charge is -2.02. The van der Waals surface area contributed by atoms with Gasteiger partial charge in [-0.3, -0.25) is 10.1 Å². The molecule has 0 aliphatic heterocycles. The predicted octanol–water partition coefficient (Wildman–Crippen LogP) is 6.52. The highest BCUT2D eigenvalue weighted by Crippen LogP contribution is 2.39. The fraction of sp³-hybridized carbons (Fsp3) is 0. The van der Waals surface area contributed by atoms with Gasteiger partial charge in [0, 0.05) is 16.1 Å². The molecule has 1 N–H and O–H groups in total. The van der Waals surface area contributed by atoms with Gasteiger partial charge in [0.15, 0.2) is 5.13 Å². The second-order valence-electron chi connectivity index (χ2n) is 6.03. The highest BCUT2D eigenvalue weighted by atomic mass is 35.5. The quantitative estimate of drug-likeness (QED) is 0.417. The van der Waals surface area contributed by atoms with Gasteiger partial charge in [-0.25, -0.2) is 9.37 Å². The summed E-state index contributed by atoms with van der Waals surface area (Å²) in [5.74, 6) is -0.867. The van der Waals surface area contributed by atoms with E-state index in [0.29, 0.717) is 10.2 Å². The molecular formula is C22H14ClFN2OS. The smallest absolute Gasteiger partial charge is 0.257 e. The van der Waals surface area contributed by atoms with Crippen molar-refractivity contribution in [3.63, 3.8) is 0 Å². The number of carbonyl (C=O) groups excluding carboxylic acids is 1. The fourth-order valence-electron chi connectivity index (χ4n) is 2.76. The molecule has 3 aromatic carbocycles. The van der Waals surface area contributed by atoms with Gasteiger partial charge in [-0.05, 0) is 35.9 Å². The largest absolute Gasteiger partial charge is 0.298 e. The van der Waals surface area contributed by atoms with E-state index in [4.69, 9.17) is 11.6 Å². The summed E-state index contributed by atoms with van der Waals surface area (Å²) in [6, 6.07) is 22.8. The van der Waals surface area contributed by atoms with Crippen LogP contribution in [-0.2, 0) is 0 Å². The summed E-state index contributed by atoms with van der Waals surface area (Å²) in [4.78, 5) is 18.0. The van der Waals surface area contributed by atoms with E-state index >= 15 is 0 Å². The van der Waals surface area contributed by atoms with Crippen LogP contribution >= 0.6 is 22.9 Å². The molecule has 0 aliphatic rings. The molecule has 0 atom stereocenters. The van der Waals surface area contributed by atoms with Crippen molar-refractivity contribution in [3.05, 3.63) is 95.3 Å². The predicted molar refractivity (Wildman–Crippen MR) is 112 cm³/mol. The molecule has 28 heavy (non-hydrogen) atoms. The highest BCUT2D eigenvalue weighted by molar-refractivity contribution is 7.19. The standard InChI is InChI=1S/C22H14ClFN2OS/c23-17-11-9-14(10-12-17)19-20(15-5-2-1-3-6-15)28-22(25-19)26-21(27)16-7-4-8-18(24)13-16/h1-13H,(H,25,26,27). The molecular weight excluding hydrogens is 395 g/mol. The highest BCUT2D eigenvalue weighted by Gasteiger charge is 2.17. The van der Waals surface area contributed by atoms with Crippen LogP contribution in [-0.4, -0.2) is 10.9 Å². The van der Waals surface area contributed by atoms with Crippen LogP contribution in [0, 0.1) is 5.82 Å². The number of rotatable bonds is 4. The van der Waals surface area contributed by atoms with Crippen LogP contribution in [0.15, 0.2) is 78.9 Å². The van der Waals surface area contributed by atoms with Crippen LogP contribution in [0.1, 0.15) is 10.4 Å². The van der Waals surface area contributed by atoms with Crippen molar-refractivity contribution >= 4 is 34.0 Å². The van der Waals surface area contributed by atoms with Gasteiger partial charge in [0.1, 0.15) is 5.82 Å². The van der Waals surface area contributed by atoms with Crippen LogP contribution in [0.2, 0.25) is 5.02 Å². The third kappa shape index (κ3) is 3.96. The van der Waals surface area contributed by atoms with E-state index in [2.05, 4.69) is 10.3 Å². The van der Waals surface area contributed by atoms with Gasteiger partial charge in [0.05, 0.1) is 10.6 Å². The molecule has 0 saturated heterocycles. The molecule has 4 rings (SSSR count). The first-order valence-corrected chi connectivity index (χ1v) is 9.69. The summed E-state index contributed by atoms with van der Waals surface area (Å²) in [7, 11) is 0. The molecule has 138 valence electrons. The Morgan fingerprint density at radius 2 is 1.68 bits per heavy atom. The van der Waals surface area contributed by atoms with Crippen LogP contribution in [0.4, 0.5) is 9.52 Å². The molecule has 1 heterocycles. The summed E-state index contributed by atoms with van der Waals surface area (Å²) < 4.78 is 13.4. The van der Waals surface area contributed by atoms with Crippen LogP contribution in [0.5, 0.6) is 0 Å². The molecule has 0 bridgehead atoms. The van der Waals surface area contributed by atoms with Crippen LogP contribution in [0.3, 0.4) is 0 Å². The number of halogens is 2. The van der Waals surface area contributed by atoms with Crippen molar-refractivity contribution in [2.45, 2.75) is 0 Å². The van der Waals surface area contributed by atoms with E-state index in [9.17, 15) is 9.18 Å². The first-order chi connectivity index (χ1) is 13.6. The Kier molecular flexibility index (Phi) is 5.19. The first kappa shape index (κ1) is 18.3. The normalized spacial score (nSPS) is 10.6. The van der Waals surface area contributed by atoms with E-state index in [0.717, 1.165) is 21.7 Å². The van der Waals surface area contributed by atoms with Gasteiger partial charge in [-0.15, -0.1) is 0 Å². The van der Waals surface area contributed by atoms with E-state index in [1.165, 1.54) is 29.5 Å². The van der Waals surface area contributed by atoms with Gasteiger partial charge in [-0.2, -0.15) is 0 Å². The van der Waals surface area contributed by atoms with Crippen LogP contribution < -0.4 is 5.32 Å². The summed E-state index contributed by atoms with van der Waals surface area (Å²) in [6.07, 6.45) is 0. The Hall–Kier alpha value is -3.02. The lowest BCUT2D eigenvalue weighted by molar-refractivity contribution is 0.102. The molecule has 6 heteroatoms. The average molecular weight is 409 g/mol. The fourth-order valence-corrected chi connectivity index (χ4v) is 3.88. The maximum Gasteiger partial charge on any atom is 0.257 e. The monoisotopic (exact) mass is 408 g/mol. The SMILES string of the molecule is O=C(Nc1nc(-c2ccc(Cl)cc2)c(-c2ccccc2)s1)c1cccc(F)c1.